The first-order valence-electron chi connectivity index (χ1n) is 7.23. The van der Waals surface area contributed by atoms with E-state index in [2.05, 4.69) is 17.5 Å². The smallest absolute Gasteiger partial charge is 0.182 e. The van der Waals surface area contributed by atoms with E-state index in [0.717, 1.165) is 23.5 Å². The molecule has 1 saturated heterocycles. The number of benzene rings is 1. The van der Waals surface area contributed by atoms with Crippen molar-refractivity contribution >= 4 is 30.2 Å². The zero-order chi connectivity index (χ0) is 15.5. The van der Waals surface area contributed by atoms with Gasteiger partial charge in [-0.1, -0.05) is 12.1 Å². The molecular formula is C16H23NO2S2. The molecule has 0 aromatic heterocycles. The number of morpholine rings is 1. The Morgan fingerprint density at radius 3 is 2.38 bits per heavy atom. The summed E-state index contributed by atoms with van der Waals surface area (Å²) in [6, 6.07) is 7.84. The summed E-state index contributed by atoms with van der Waals surface area (Å²) in [5, 5.41) is 0. The highest BCUT2D eigenvalue weighted by Gasteiger charge is 2.35. The number of nitrogens with zero attached hydrogens (tertiary/aromatic N) is 1. The zero-order valence-corrected chi connectivity index (χ0v) is 14.5. The van der Waals surface area contributed by atoms with Crippen LogP contribution in [-0.2, 0) is 4.74 Å². The first-order chi connectivity index (χ1) is 9.91. The molecule has 2 rings (SSSR count). The summed E-state index contributed by atoms with van der Waals surface area (Å²) in [6.45, 7) is 9.05. The van der Waals surface area contributed by atoms with E-state index in [1.807, 2.05) is 45.0 Å². The molecule has 1 aromatic carbocycles. The first kappa shape index (κ1) is 16.9. The van der Waals surface area contributed by atoms with Crippen LogP contribution in [0.15, 0.2) is 29.2 Å². The van der Waals surface area contributed by atoms with Crippen LogP contribution < -0.4 is 0 Å². The highest BCUT2D eigenvalue weighted by atomic mass is 32.2. The second-order valence-electron chi connectivity index (χ2n) is 5.73. The minimum absolute atomic E-state index is 0.167. The van der Waals surface area contributed by atoms with Crippen molar-refractivity contribution in [1.82, 2.24) is 4.90 Å². The largest absolute Gasteiger partial charge is 0.379 e. The third-order valence-corrected chi connectivity index (χ3v) is 4.98. The molecule has 1 aromatic rings. The van der Waals surface area contributed by atoms with Crippen molar-refractivity contribution in [2.45, 2.75) is 35.8 Å². The van der Waals surface area contributed by atoms with Crippen LogP contribution in [0.4, 0.5) is 0 Å². The Morgan fingerprint density at radius 1 is 1.29 bits per heavy atom. The molecule has 0 saturated carbocycles. The number of rotatable bonds is 5. The molecule has 116 valence electrons. The molecule has 0 spiro atoms. The molecule has 0 N–H and O–H groups in total. The molecule has 21 heavy (non-hydrogen) atoms. The Morgan fingerprint density at radius 2 is 1.86 bits per heavy atom. The van der Waals surface area contributed by atoms with Crippen LogP contribution in [0.25, 0.3) is 0 Å². The number of ether oxygens (including phenoxy) is 1. The number of carbonyl (C=O) groups is 1. The van der Waals surface area contributed by atoms with E-state index < -0.39 is 5.54 Å². The molecule has 5 heteroatoms. The lowest BCUT2D eigenvalue weighted by molar-refractivity contribution is -0.00430. The summed E-state index contributed by atoms with van der Waals surface area (Å²) >= 11 is 6.05. The molecule has 0 radical (unpaired) electrons. The van der Waals surface area contributed by atoms with E-state index in [4.69, 9.17) is 4.74 Å². The molecule has 3 nitrogen and oxygen atoms in total. The van der Waals surface area contributed by atoms with E-state index in [1.54, 1.807) is 11.8 Å². The molecule has 0 bridgehead atoms. The maximum absolute atomic E-state index is 12.8. The standard InChI is InChI=1S/C16H23NO2S2/c1-12(20)21-14-6-4-13(5-7-14)15(18)16(2,3)17-8-10-19-11-9-17/h4-7,12,20H,8-11H2,1-3H3. The number of thioether (sulfide) groups is 1. The maximum atomic E-state index is 12.8. The molecule has 1 heterocycles. The number of hydrogen-bond acceptors (Lipinski definition) is 5. The summed E-state index contributed by atoms with van der Waals surface area (Å²) in [5.41, 5.74) is 0.276. The molecule has 1 fully saturated rings. The molecule has 1 atom stereocenters. The Labute approximate surface area is 136 Å². The number of Topliss-reactive ketones (excluding diaryl/α,β-unsaturated/α-hetero) is 1. The summed E-state index contributed by atoms with van der Waals surface area (Å²) in [7, 11) is 0. The van der Waals surface area contributed by atoms with Crippen molar-refractivity contribution in [2.75, 3.05) is 26.3 Å². The maximum Gasteiger partial charge on any atom is 0.182 e. The number of hydrogen-bond donors (Lipinski definition) is 1. The number of thiol groups is 1. The van der Waals surface area contributed by atoms with Crippen molar-refractivity contribution in [1.29, 1.82) is 0 Å². The van der Waals surface area contributed by atoms with Crippen LogP contribution >= 0.6 is 24.4 Å². The Hall–Kier alpha value is -0.490. The minimum atomic E-state index is -0.491. The second-order valence-corrected chi connectivity index (χ2v) is 8.27. The van der Waals surface area contributed by atoms with Crippen molar-refractivity contribution in [2.24, 2.45) is 0 Å². The fourth-order valence-corrected chi connectivity index (χ4v) is 3.55. The Balaban J connectivity index is 2.10. The van der Waals surface area contributed by atoms with E-state index >= 15 is 0 Å². The van der Waals surface area contributed by atoms with Crippen LogP contribution in [-0.4, -0.2) is 47.1 Å². The topological polar surface area (TPSA) is 29.5 Å². The second kappa shape index (κ2) is 7.18. The van der Waals surface area contributed by atoms with E-state index in [0.29, 0.717) is 13.2 Å². The van der Waals surface area contributed by atoms with Gasteiger partial charge in [-0.25, -0.2) is 0 Å². The SMILES string of the molecule is CC(S)Sc1ccc(C(=O)C(C)(C)N2CCOCC2)cc1. The first-order valence-corrected chi connectivity index (χ1v) is 8.63. The third-order valence-electron chi connectivity index (χ3n) is 3.78. The van der Waals surface area contributed by atoms with Crippen molar-refractivity contribution in [3.63, 3.8) is 0 Å². The zero-order valence-electron chi connectivity index (χ0n) is 12.8. The van der Waals surface area contributed by atoms with Gasteiger partial charge < -0.3 is 4.74 Å². The van der Waals surface area contributed by atoms with Gasteiger partial charge in [0.2, 0.25) is 0 Å². The molecule has 1 aliphatic rings. The fourth-order valence-electron chi connectivity index (χ4n) is 2.50. The van der Waals surface area contributed by atoms with Gasteiger partial charge in [0, 0.05) is 28.1 Å². The van der Waals surface area contributed by atoms with Crippen molar-refractivity contribution < 1.29 is 9.53 Å². The van der Waals surface area contributed by atoms with Gasteiger partial charge in [-0.3, -0.25) is 9.69 Å². The summed E-state index contributed by atoms with van der Waals surface area (Å²) in [4.78, 5) is 16.1. The van der Waals surface area contributed by atoms with Gasteiger partial charge in [0.15, 0.2) is 5.78 Å². The Bertz CT molecular complexity index is 480. The van der Waals surface area contributed by atoms with E-state index in [-0.39, 0.29) is 10.4 Å². The van der Waals surface area contributed by atoms with Gasteiger partial charge >= 0.3 is 0 Å². The van der Waals surface area contributed by atoms with Gasteiger partial charge in [0.25, 0.3) is 0 Å². The lowest BCUT2D eigenvalue weighted by Crippen LogP contribution is -2.54. The van der Waals surface area contributed by atoms with Crippen LogP contribution in [0.1, 0.15) is 31.1 Å². The number of carbonyl (C=O) groups excluding carboxylic acids is 1. The average molecular weight is 325 g/mol. The van der Waals surface area contributed by atoms with Gasteiger partial charge in [-0.2, -0.15) is 12.6 Å². The lowest BCUT2D eigenvalue weighted by Gasteiger charge is -2.39. The van der Waals surface area contributed by atoms with Crippen LogP contribution in [0.2, 0.25) is 0 Å². The fraction of sp³-hybridized carbons (Fsp3) is 0.562. The van der Waals surface area contributed by atoms with Crippen molar-refractivity contribution in [3.8, 4) is 0 Å². The summed E-state index contributed by atoms with van der Waals surface area (Å²) < 4.78 is 5.62. The van der Waals surface area contributed by atoms with Gasteiger partial charge in [0.1, 0.15) is 0 Å². The molecule has 0 amide bonds. The summed E-state index contributed by atoms with van der Waals surface area (Å²) in [6.07, 6.45) is 0. The molecular weight excluding hydrogens is 302 g/mol. The van der Waals surface area contributed by atoms with Crippen molar-refractivity contribution in [3.05, 3.63) is 29.8 Å². The van der Waals surface area contributed by atoms with Crippen LogP contribution in [0, 0.1) is 0 Å². The van der Waals surface area contributed by atoms with Gasteiger partial charge in [-0.15, -0.1) is 11.8 Å². The van der Waals surface area contributed by atoms with Crippen LogP contribution in [0.3, 0.4) is 0 Å². The predicted molar refractivity (Wildman–Crippen MR) is 91.5 cm³/mol. The highest BCUT2D eigenvalue weighted by Crippen LogP contribution is 2.27. The normalized spacial score (nSPS) is 18.5. The third kappa shape index (κ3) is 4.25. The lowest BCUT2D eigenvalue weighted by atomic mass is 9.91. The van der Waals surface area contributed by atoms with Gasteiger partial charge in [0.05, 0.1) is 18.8 Å². The van der Waals surface area contributed by atoms with Crippen LogP contribution in [0.5, 0.6) is 0 Å². The summed E-state index contributed by atoms with van der Waals surface area (Å²) in [5.74, 6) is 0.167. The average Bonchev–Trinajstić information content (AvgIpc) is 2.47. The quantitative estimate of drug-likeness (QED) is 0.389. The number of ketones is 1. The van der Waals surface area contributed by atoms with E-state index in [9.17, 15) is 4.79 Å². The Kier molecular flexibility index (Phi) is 5.77. The molecule has 0 aliphatic carbocycles. The van der Waals surface area contributed by atoms with E-state index in [1.165, 1.54) is 0 Å². The monoisotopic (exact) mass is 325 g/mol. The minimum Gasteiger partial charge on any atom is -0.379 e. The predicted octanol–water partition coefficient (Wildman–Crippen LogP) is 3.35. The van der Waals surface area contributed by atoms with Gasteiger partial charge in [-0.05, 0) is 32.9 Å². The molecule has 1 unspecified atom stereocenters. The highest BCUT2D eigenvalue weighted by molar-refractivity contribution is 8.10. The molecule has 1 aliphatic heterocycles.